The van der Waals surface area contributed by atoms with Crippen molar-refractivity contribution < 1.29 is 19.0 Å². The summed E-state index contributed by atoms with van der Waals surface area (Å²) in [5, 5.41) is 0. The standard InChI is InChI=1S/C39H52N4O4.ClH/c1-3-5-14-40(15-6-4-2)25-31-22-36(42-16-10-9-13-35(31)42)33-23-37-38(47-28-46-37)24-34(33)39(44)43-26-30-12-8-7-11-29(30)21-32(43)27-41-17-19-45-20-18-41;/h7-8,11-12,22-24,32H,3-6,9-10,13-21,25-28H2,1-2H3;1H/t32-;/m0./s1. The van der Waals surface area contributed by atoms with Crippen LogP contribution in [0.2, 0.25) is 0 Å². The van der Waals surface area contributed by atoms with Crippen LogP contribution in [-0.4, -0.2) is 83.9 Å². The van der Waals surface area contributed by atoms with Crippen molar-refractivity contribution in [3.8, 4) is 22.8 Å². The minimum Gasteiger partial charge on any atom is -0.454 e. The first-order valence-corrected chi connectivity index (χ1v) is 18.2. The highest BCUT2D eigenvalue weighted by molar-refractivity contribution is 6.02. The highest BCUT2D eigenvalue weighted by atomic mass is 35.5. The van der Waals surface area contributed by atoms with Crippen LogP contribution in [0, 0.1) is 0 Å². The molecule has 48 heavy (non-hydrogen) atoms. The number of fused-ring (bicyclic) bond motifs is 3. The monoisotopic (exact) mass is 676 g/mol. The number of ether oxygens (including phenoxy) is 3. The molecule has 4 aliphatic rings. The molecule has 1 aromatic heterocycles. The van der Waals surface area contributed by atoms with Crippen LogP contribution in [0.25, 0.3) is 11.3 Å². The second kappa shape index (κ2) is 16.1. The summed E-state index contributed by atoms with van der Waals surface area (Å²) in [4.78, 5) is 22.3. The molecule has 2 aromatic carbocycles. The number of nitrogens with zero attached hydrogens (tertiary/aromatic N) is 4. The number of amides is 1. The Hall–Kier alpha value is -3.04. The maximum Gasteiger partial charge on any atom is 0.255 e. The number of rotatable bonds is 12. The van der Waals surface area contributed by atoms with Crippen molar-refractivity contribution in [2.75, 3.05) is 52.7 Å². The predicted molar refractivity (Wildman–Crippen MR) is 192 cm³/mol. The largest absolute Gasteiger partial charge is 0.454 e. The van der Waals surface area contributed by atoms with Gasteiger partial charge in [-0.1, -0.05) is 51.0 Å². The van der Waals surface area contributed by atoms with Gasteiger partial charge in [-0.15, -0.1) is 12.4 Å². The van der Waals surface area contributed by atoms with Gasteiger partial charge in [-0.05, 0) is 86.5 Å². The molecule has 8 nitrogen and oxygen atoms in total. The zero-order chi connectivity index (χ0) is 32.2. The van der Waals surface area contributed by atoms with E-state index in [9.17, 15) is 0 Å². The molecule has 1 fully saturated rings. The molecule has 9 heteroatoms. The van der Waals surface area contributed by atoms with Crippen LogP contribution in [-0.2, 0) is 37.2 Å². The molecular weight excluding hydrogens is 624 g/mol. The third-order valence-corrected chi connectivity index (χ3v) is 10.6. The predicted octanol–water partition coefficient (Wildman–Crippen LogP) is 6.94. The van der Waals surface area contributed by atoms with E-state index in [1.165, 1.54) is 54.5 Å². The summed E-state index contributed by atoms with van der Waals surface area (Å²) in [5.41, 5.74) is 8.27. The van der Waals surface area contributed by atoms with Gasteiger partial charge in [-0.25, -0.2) is 0 Å². The highest BCUT2D eigenvalue weighted by Crippen LogP contribution is 2.42. The third-order valence-electron chi connectivity index (χ3n) is 10.6. The fourth-order valence-corrected chi connectivity index (χ4v) is 7.95. The molecule has 0 bridgehead atoms. The summed E-state index contributed by atoms with van der Waals surface area (Å²) in [7, 11) is 0. The van der Waals surface area contributed by atoms with Crippen molar-refractivity contribution in [1.29, 1.82) is 0 Å². The van der Waals surface area contributed by atoms with Crippen LogP contribution < -0.4 is 9.47 Å². The van der Waals surface area contributed by atoms with Gasteiger partial charge >= 0.3 is 0 Å². The first-order valence-electron chi connectivity index (χ1n) is 18.2. The topological polar surface area (TPSA) is 59.4 Å². The average Bonchev–Trinajstić information content (AvgIpc) is 3.73. The molecule has 260 valence electrons. The molecule has 0 N–H and O–H groups in total. The lowest BCUT2D eigenvalue weighted by molar-refractivity contribution is 0.0193. The van der Waals surface area contributed by atoms with Gasteiger partial charge in [0, 0.05) is 62.3 Å². The average molecular weight is 677 g/mol. The molecule has 5 heterocycles. The molecule has 1 saturated heterocycles. The van der Waals surface area contributed by atoms with E-state index in [1.807, 2.05) is 6.07 Å². The minimum absolute atomic E-state index is 0. The van der Waals surface area contributed by atoms with E-state index in [-0.39, 0.29) is 31.1 Å². The summed E-state index contributed by atoms with van der Waals surface area (Å²) in [6.45, 7) is 13.7. The van der Waals surface area contributed by atoms with Gasteiger partial charge in [0.15, 0.2) is 11.5 Å². The molecular formula is C39H53ClN4O4. The molecule has 1 atom stereocenters. The lowest BCUT2D eigenvalue weighted by Crippen LogP contribution is -2.52. The van der Waals surface area contributed by atoms with Crippen LogP contribution in [0.4, 0.5) is 0 Å². The number of unbranched alkanes of at least 4 members (excludes halogenated alkanes) is 2. The van der Waals surface area contributed by atoms with Crippen LogP contribution in [0.5, 0.6) is 11.5 Å². The summed E-state index contributed by atoms with van der Waals surface area (Å²) in [5.74, 6) is 1.47. The molecule has 0 spiro atoms. The van der Waals surface area contributed by atoms with Gasteiger partial charge in [0.2, 0.25) is 6.79 Å². The second-order valence-corrected chi connectivity index (χ2v) is 13.8. The first-order chi connectivity index (χ1) is 23.1. The van der Waals surface area contributed by atoms with Crippen molar-refractivity contribution in [3.63, 3.8) is 0 Å². The molecule has 4 aliphatic heterocycles. The Kier molecular flexibility index (Phi) is 11.7. The first kappa shape index (κ1) is 34.8. The van der Waals surface area contributed by atoms with Crippen LogP contribution in [0.15, 0.2) is 42.5 Å². The van der Waals surface area contributed by atoms with E-state index < -0.39 is 0 Å². The van der Waals surface area contributed by atoms with Gasteiger partial charge in [0.05, 0.1) is 18.8 Å². The maximum atomic E-state index is 15.0. The summed E-state index contributed by atoms with van der Waals surface area (Å²) < 4.78 is 20.0. The zero-order valence-electron chi connectivity index (χ0n) is 28.9. The maximum absolute atomic E-state index is 15.0. The number of hydrogen-bond donors (Lipinski definition) is 0. The van der Waals surface area contributed by atoms with E-state index in [1.54, 1.807) is 0 Å². The van der Waals surface area contributed by atoms with E-state index in [0.29, 0.717) is 17.9 Å². The SMILES string of the molecule is CCCCN(CCCC)Cc1cc(-c2cc3c(cc2C(=O)N2Cc4ccccc4C[C@H]2CN2CCOCC2)OCO3)n2c1CCCC2.Cl. The Morgan fingerprint density at radius 2 is 1.65 bits per heavy atom. The normalized spacial score (nSPS) is 18.8. The quantitative estimate of drug-likeness (QED) is 0.207. The zero-order valence-corrected chi connectivity index (χ0v) is 29.7. The Morgan fingerprint density at radius 1 is 0.917 bits per heavy atom. The molecule has 0 aliphatic carbocycles. The molecule has 0 radical (unpaired) electrons. The van der Waals surface area contributed by atoms with Crippen molar-refractivity contribution in [2.24, 2.45) is 0 Å². The number of carbonyl (C=O) groups is 1. The lowest BCUT2D eigenvalue weighted by atomic mass is 9.92. The molecule has 3 aromatic rings. The van der Waals surface area contributed by atoms with Gasteiger partial charge in [0.25, 0.3) is 5.91 Å². The lowest BCUT2D eigenvalue weighted by Gasteiger charge is -2.40. The summed E-state index contributed by atoms with van der Waals surface area (Å²) in [6.07, 6.45) is 9.16. The van der Waals surface area contributed by atoms with Crippen molar-refractivity contribution >= 4 is 18.3 Å². The smallest absolute Gasteiger partial charge is 0.255 e. The Bertz CT molecular complexity index is 1540. The highest BCUT2D eigenvalue weighted by Gasteiger charge is 2.35. The van der Waals surface area contributed by atoms with Crippen LogP contribution in [0.3, 0.4) is 0 Å². The van der Waals surface area contributed by atoms with E-state index in [4.69, 9.17) is 14.2 Å². The van der Waals surface area contributed by atoms with E-state index >= 15 is 4.79 Å². The number of aromatic nitrogens is 1. The van der Waals surface area contributed by atoms with Gasteiger partial charge in [0.1, 0.15) is 0 Å². The van der Waals surface area contributed by atoms with Gasteiger partial charge < -0.3 is 23.7 Å². The van der Waals surface area contributed by atoms with E-state index in [2.05, 4.69) is 69.5 Å². The molecule has 1 amide bonds. The fourth-order valence-electron chi connectivity index (χ4n) is 7.95. The van der Waals surface area contributed by atoms with Gasteiger partial charge in [-0.2, -0.15) is 0 Å². The summed E-state index contributed by atoms with van der Waals surface area (Å²) >= 11 is 0. The van der Waals surface area contributed by atoms with Crippen LogP contribution >= 0.6 is 12.4 Å². The Morgan fingerprint density at radius 3 is 2.40 bits per heavy atom. The third kappa shape index (κ3) is 7.42. The van der Waals surface area contributed by atoms with E-state index in [0.717, 1.165) is 95.3 Å². The second-order valence-electron chi connectivity index (χ2n) is 13.8. The minimum atomic E-state index is 0. The molecule has 0 saturated carbocycles. The van der Waals surface area contributed by atoms with Crippen LogP contribution in [0.1, 0.15) is 85.1 Å². The number of carbonyl (C=O) groups excluding carboxylic acids is 1. The Labute approximate surface area is 292 Å². The number of halogens is 1. The molecule has 7 rings (SSSR count). The summed E-state index contributed by atoms with van der Waals surface area (Å²) in [6, 6.07) is 15.1. The number of hydrogen-bond acceptors (Lipinski definition) is 6. The fraction of sp³-hybridized carbons (Fsp3) is 0.564. The van der Waals surface area contributed by atoms with Crippen molar-refractivity contribution in [1.82, 2.24) is 19.3 Å². The number of morpholine rings is 1. The van der Waals surface area contributed by atoms with Crippen molar-refractivity contribution in [3.05, 3.63) is 70.4 Å². The number of benzene rings is 2. The molecule has 0 unspecified atom stereocenters. The Balaban J connectivity index is 0.00000401. The van der Waals surface area contributed by atoms with Gasteiger partial charge in [-0.3, -0.25) is 14.6 Å². The van der Waals surface area contributed by atoms with Crippen molar-refractivity contribution in [2.45, 2.75) is 90.9 Å².